The summed E-state index contributed by atoms with van der Waals surface area (Å²) in [6, 6.07) is 0. The Balaban J connectivity index is 0.00000180. The largest absolute Gasteiger partial charge is 0.381 e. The Kier molecular flexibility index (Phi) is 7.98. The van der Waals surface area contributed by atoms with E-state index in [4.69, 9.17) is 10.5 Å². The third-order valence-electron chi connectivity index (χ3n) is 3.31. The summed E-state index contributed by atoms with van der Waals surface area (Å²) in [6.45, 7) is 5.57. The topological polar surface area (TPSA) is 77.2 Å². The second-order valence-electron chi connectivity index (χ2n) is 4.70. The molecule has 1 aliphatic heterocycles. The first-order valence-electron chi connectivity index (χ1n) is 6.09. The molecule has 1 fully saturated rings. The predicted octanol–water partition coefficient (Wildman–Crippen LogP) is 1.73. The minimum atomic E-state index is -0.778. The van der Waals surface area contributed by atoms with Crippen molar-refractivity contribution in [3.63, 3.8) is 0 Å². The summed E-state index contributed by atoms with van der Waals surface area (Å²) in [6.07, 6.45) is 1.16. The van der Waals surface area contributed by atoms with E-state index >= 15 is 0 Å². The fourth-order valence-corrected chi connectivity index (χ4v) is 2.78. The minimum absolute atomic E-state index is 0. The van der Waals surface area contributed by atoms with E-state index in [0.717, 1.165) is 10.7 Å². The molecule has 1 saturated heterocycles. The van der Waals surface area contributed by atoms with Crippen molar-refractivity contribution in [1.29, 1.82) is 0 Å². The Morgan fingerprint density at radius 3 is 2.50 bits per heavy atom. The summed E-state index contributed by atoms with van der Waals surface area (Å²) in [5, 5.41) is 3.80. The quantitative estimate of drug-likeness (QED) is 0.877. The maximum atomic E-state index is 12.1. The lowest BCUT2D eigenvalue weighted by Crippen LogP contribution is -2.56. The van der Waals surface area contributed by atoms with Crippen molar-refractivity contribution >= 4 is 42.1 Å². The van der Waals surface area contributed by atoms with Crippen LogP contribution in [0.15, 0.2) is 0 Å². The van der Waals surface area contributed by atoms with Gasteiger partial charge in [0, 0.05) is 18.1 Å². The SMILES string of the molecule is Cc1nc(CNC(=O)C2(N)CCOCC2)sc1C.Cl.Cl. The molecular weight excluding hydrogens is 321 g/mol. The van der Waals surface area contributed by atoms with Crippen LogP contribution in [0.3, 0.4) is 0 Å². The molecule has 20 heavy (non-hydrogen) atoms. The average Bonchev–Trinajstić information content (AvgIpc) is 2.67. The number of amides is 1. The maximum absolute atomic E-state index is 12.1. The Morgan fingerprint density at radius 1 is 1.40 bits per heavy atom. The van der Waals surface area contributed by atoms with Crippen LogP contribution in [0.5, 0.6) is 0 Å². The van der Waals surface area contributed by atoms with Crippen molar-refractivity contribution in [3.05, 3.63) is 15.6 Å². The monoisotopic (exact) mass is 341 g/mol. The Bertz CT molecular complexity index is 428. The van der Waals surface area contributed by atoms with Crippen LogP contribution >= 0.6 is 36.2 Å². The van der Waals surface area contributed by atoms with Crippen LogP contribution in [0.4, 0.5) is 0 Å². The Labute approximate surface area is 135 Å². The lowest BCUT2D eigenvalue weighted by Gasteiger charge is -2.31. The van der Waals surface area contributed by atoms with Gasteiger partial charge in [0.1, 0.15) is 5.01 Å². The van der Waals surface area contributed by atoms with Gasteiger partial charge in [-0.2, -0.15) is 0 Å². The van der Waals surface area contributed by atoms with Gasteiger partial charge in [0.25, 0.3) is 0 Å². The number of halogens is 2. The summed E-state index contributed by atoms with van der Waals surface area (Å²) in [5.74, 6) is -0.101. The van der Waals surface area contributed by atoms with E-state index in [1.807, 2.05) is 13.8 Å². The van der Waals surface area contributed by atoms with Crippen LogP contribution in [0.25, 0.3) is 0 Å². The fraction of sp³-hybridized carbons (Fsp3) is 0.667. The van der Waals surface area contributed by atoms with Gasteiger partial charge in [-0.1, -0.05) is 0 Å². The number of nitrogens with one attached hydrogen (secondary N) is 1. The summed E-state index contributed by atoms with van der Waals surface area (Å²) in [4.78, 5) is 17.6. The molecule has 0 aromatic carbocycles. The van der Waals surface area contributed by atoms with Crippen LogP contribution in [-0.2, 0) is 16.1 Å². The molecule has 2 rings (SSSR count). The van der Waals surface area contributed by atoms with Gasteiger partial charge in [-0.3, -0.25) is 4.79 Å². The summed E-state index contributed by atoms with van der Waals surface area (Å²) in [7, 11) is 0. The van der Waals surface area contributed by atoms with Gasteiger partial charge in [-0.25, -0.2) is 4.98 Å². The zero-order chi connectivity index (χ0) is 13.2. The van der Waals surface area contributed by atoms with Gasteiger partial charge in [0.2, 0.25) is 5.91 Å². The molecule has 2 heterocycles. The molecule has 0 aliphatic carbocycles. The Morgan fingerprint density at radius 2 is 2.00 bits per heavy atom. The van der Waals surface area contributed by atoms with Crippen LogP contribution in [0.2, 0.25) is 0 Å². The molecule has 0 atom stereocenters. The minimum Gasteiger partial charge on any atom is -0.381 e. The second-order valence-corrected chi connectivity index (χ2v) is 5.99. The summed E-state index contributed by atoms with van der Waals surface area (Å²) >= 11 is 1.61. The van der Waals surface area contributed by atoms with E-state index in [2.05, 4.69) is 10.3 Å². The number of hydrogen-bond donors (Lipinski definition) is 2. The first kappa shape index (κ1) is 19.6. The molecule has 0 saturated carbocycles. The summed E-state index contributed by atoms with van der Waals surface area (Å²) in [5.41, 5.74) is 6.34. The van der Waals surface area contributed by atoms with Crippen molar-refractivity contribution in [1.82, 2.24) is 10.3 Å². The highest BCUT2D eigenvalue weighted by Crippen LogP contribution is 2.19. The normalized spacial score (nSPS) is 16.8. The van der Waals surface area contributed by atoms with E-state index in [0.29, 0.717) is 32.6 Å². The Hall–Kier alpha value is -0.400. The van der Waals surface area contributed by atoms with Gasteiger partial charge in [-0.15, -0.1) is 36.2 Å². The number of thiazole rings is 1. The number of ether oxygens (including phenoxy) is 1. The zero-order valence-electron chi connectivity index (χ0n) is 11.6. The van der Waals surface area contributed by atoms with Crippen molar-refractivity contribution < 1.29 is 9.53 Å². The van der Waals surface area contributed by atoms with E-state index in [9.17, 15) is 4.79 Å². The second kappa shape index (κ2) is 8.14. The highest BCUT2D eigenvalue weighted by molar-refractivity contribution is 7.11. The maximum Gasteiger partial charge on any atom is 0.240 e. The highest BCUT2D eigenvalue weighted by Gasteiger charge is 2.35. The van der Waals surface area contributed by atoms with E-state index in [-0.39, 0.29) is 30.7 Å². The lowest BCUT2D eigenvalue weighted by atomic mass is 9.90. The van der Waals surface area contributed by atoms with Crippen LogP contribution < -0.4 is 11.1 Å². The van der Waals surface area contributed by atoms with Crippen LogP contribution in [0.1, 0.15) is 28.4 Å². The van der Waals surface area contributed by atoms with Gasteiger partial charge >= 0.3 is 0 Å². The smallest absolute Gasteiger partial charge is 0.240 e. The molecule has 0 spiro atoms. The number of aryl methyl sites for hydroxylation is 2. The molecule has 1 amide bonds. The lowest BCUT2D eigenvalue weighted by molar-refractivity contribution is -0.129. The molecule has 5 nitrogen and oxygen atoms in total. The van der Waals surface area contributed by atoms with Crippen LogP contribution in [-0.4, -0.2) is 29.6 Å². The predicted molar refractivity (Wildman–Crippen MR) is 84.9 cm³/mol. The number of carbonyl (C=O) groups is 1. The first-order valence-corrected chi connectivity index (χ1v) is 6.91. The average molecular weight is 342 g/mol. The van der Waals surface area contributed by atoms with Crippen molar-refractivity contribution in [2.75, 3.05) is 13.2 Å². The van der Waals surface area contributed by atoms with E-state index < -0.39 is 5.54 Å². The molecular formula is C12H21Cl2N3O2S. The van der Waals surface area contributed by atoms with Gasteiger partial charge in [0.05, 0.1) is 17.8 Å². The van der Waals surface area contributed by atoms with E-state index in [1.54, 1.807) is 11.3 Å². The molecule has 116 valence electrons. The standard InChI is InChI=1S/C12H19N3O2S.2ClH/c1-8-9(2)18-10(15-8)7-14-11(16)12(13)3-5-17-6-4-12;;/h3-7,13H2,1-2H3,(H,14,16);2*1H. The third kappa shape index (κ3) is 4.56. The van der Waals surface area contributed by atoms with Crippen LogP contribution in [0, 0.1) is 13.8 Å². The number of nitrogens with zero attached hydrogens (tertiary/aromatic N) is 1. The molecule has 3 N–H and O–H groups in total. The number of rotatable bonds is 3. The molecule has 0 unspecified atom stereocenters. The fourth-order valence-electron chi connectivity index (χ4n) is 1.91. The van der Waals surface area contributed by atoms with Gasteiger partial charge in [-0.05, 0) is 26.7 Å². The number of carbonyl (C=O) groups excluding carboxylic acids is 1. The van der Waals surface area contributed by atoms with Crippen molar-refractivity contribution in [2.24, 2.45) is 5.73 Å². The number of hydrogen-bond acceptors (Lipinski definition) is 5. The van der Waals surface area contributed by atoms with Gasteiger partial charge < -0.3 is 15.8 Å². The molecule has 0 bridgehead atoms. The molecule has 8 heteroatoms. The number of aromatic nitrogens is 1. The number of nitrogens with two attached hydrogens (primary N) is 1. The van der Waals surface area contributed by atoms with Crippen molar-refractivity contribution in [3.8, 4) is 0 Å². The van der Waals surface area contributed by atoms with E-state index in [1.165, 1.54) is 4.88 Å². The molecule has 0 radical (unpaired) electrons. The summed E-state index contributed by atoms with van der Waals surface area (Å²) < 4.78 is 5.23. The zero-order valence-corrected chi connectivity index (χ0v) is 14.1. The van der Waals surface area contributed by atoms with Crippen molar-refractivity contribution in [2.45, 2.75) is 38.8 Å². The first-order chi connectivity index (χ1) is 8.51. The van der Waals surface area contributed by atoms with Gasteiger partial charge in [0.15, 0.2) is 0 Å². The molecule has 1 aliphatic rings. The third-order valence-corrected chi connectivity index (χ3v) is 4.38. The highest BCUT2D eigenvalue weighted by atomic mass is 35.5. The molecule has 1 aromatic rings. The molecule has 1 aromatic heterocycles.